The first-order valence-electron chi connectivity index (χ1n) is 7.50. The van der Waals surface area contributed by atoms with Crippen LogP contribution >= 0.6 is 0 Å². The van der Waals surface area contributed by atoms with Gasteiger partial charge in [0.25, 0.3) is 0 Å². The Morgan fingerprint density at radius 1 is 1.09 bits per heavy atom. The topological polar surface area (TPSA) is 52.6 Å². The first kappa shape index (κ1) is 16.9. The monoisotopic (exact) mass is 312 g/mol. The van der Waals surface area contributed by atoms with Gasteiger partial charge >= 0.3 is 5.97 Å². The van der Waals surface area contributed by atoms with Crippen molar-refractivity contribution in [1.82, 2.24) is 0 Å². The number of ketones is 1. The van der Waals surface area contributed by atoms with E-state index in [0.717, 1.165) is 5.56 Å². The van der Waals surface area contributed by atoms with Crippen LogP contribution < -0.4 is 0 Å². The molecular weight excluding hydrogens is 292 g/mol. The van der Waals surface area contributed by atoms with Crippen molar-refractivity contribution in [3.63, 3.8) is 0 Å². The number of benzene rings is 2. The predicted molar refractivity (Wildman–Crippen MR) is 90.1 cm³/mol. The van der Waals surface area contributed by atoms with Gasteiger partial charge in [-0.25, -0.2) is 0 Å². The lowest BCUT2D eigenvalue weighted by molar-refractivity contribution is -0.143. The largest absolute Gasteiger partial charge is 0.469 e. The van der Waals surface area contributed by atoms with Crippen LogP contribution in [0.25, 0.3) is 16.8 Å². The summed E-state index contributed by atoms with van der Waals surface area (Å²) in [6.45, 7) is 0.732. The summed E-state index contributed by atoms with van der Waals surface area (Å²) in [5.74, 6) is -0.679. The third kappa shape index (κ3) is 5.68. The van der Waals surface area contributed by atoms with Gasteiger partial charge < -0.3 is 9.47 Å². The third-order valence-corrected chi connectivity index (χ3v) is 3.39. The molecule has 2 rings (SSSR count). The van der Waals surface area contributed by atoms with E-state index in [9.17, 15) is 9.59 Å². The van der Waals surface area contributed by atoms with E-state index in [2.05, 4.69) is 35.1 Å². The molecule has 0 aromatic heterocycles. The standard InChI is InChI=1S/C19H20O4/c1-22-19(21)14-18(20)10-12-23-11-4-5-15-8-9-16-6-2-3-7-17(16)13-15/h2-9,13H,10-12,14H2,1H3/b5-4+. The van der Waals surface area contributed by atoms with E-state index >= 15 is 0 Å². The minimum absolute atomic E-state index is 0.171. The highest BCUT2D eigenvalue weighted by Crippen LogP contribution is 2.16. The Morgan fingerprint density at radius 3 is 2.65 bits per heavy atom. The molecule has 0 fully saturated rings. The van der Waals surface area contributed by atoms with E-state index in [-0.39, 0.29) is 18.6 Å². The van der Waals surface area contributed by atoms with Crippen molar-refractivity contribution in [3.8, 4) is 0 Å². The van der Waals surface area contributed by atoms with Gasteiger partial charge in [0.05, 0.1) is 20.3 Å². The number of fused-ring (bicyclic) bond motifs is 1. The Kier molecular flexibility index (Phi) is 6.51. The van der Waals surface area contributed by atoms with Gasteiger partial charge in [0.2, 0.25) is 0 Å². The summed E-state index contributed by atoms with van der Waals surface area (Å²) in [4.78, 5) is 22.3. The van der Waals surface area contributed by atoms with E-state index in [0.29, 0.717) is 13.2 Å². The first-order valence-corrected chi connectivity index (χ1v) is 7.50. The maximum Gasteiger partial charge on any atom is 0.313 e. The van der Waals surface area contributed by atoms with E-state index in [1.54, 1.807) is 0 Å². The van der Waals surface area contributed by atoms with Gasteiger partial charge in [-0.2, -0.15) is 0 Å². The van der Waals surface area contributed by atoms with Crippen molar-refractivity contribution >= 4 is 28.6 Å². The number of hydrogen-bond acceptors (Lipinski definition) is 4. The number of methoxy groups -OCH3 is 1. The number of hydrogen-bond donors (Lipinski definition) is 0. The zero-order valence-electron chi connectivity index (χ0n) is 13.2. The minimum Gasteiger partial charge on any atom is -0.469 e. The fourth-order valence-corrected chi connectivity index (χ4v) is 2.15. The maximum absolute atomic E-state index is 11.4. The van der Waals surface area contributed by atoms with Crippen LogP contribution in [0, 0.1) is 0 Å². The predicted octanol–water partition coefficient (Wildman–Crippen LogP) is 3.39. The highest BCUT2D eigenvalue weighted by Gasteiger charge is 2.08. The number of carbonyl (C=O) groups excluding carboxylic acids is 2. The fraction of sp³-hybridized carbons (Fsp3) is 0.263. The summed E-state index contributed by atoms with van der Waals surface area (Å²) < 4.78 is 9.80. The van der Waals surface area contributed by atoms with Gasteiger partial charge in [0.1, 0.15) is 12.2 Å². The minimum atomic E-state index is -0.508. The van der Waals surface area contributed by atoms with E-state index in [1.165, 1.54) is 17.9 Å². The molecule has 2 aromatic rings. The molecule has 4 heteroatoms. The van der Waals surface area contributed by atoms with Crippen LogP contribution in [0.15, 0.2) is 48.5 Å². The highest BCUT2D eigenvalue weighted by atomic mass is 16.5. The molecule has 0 unspecified atom stereocenters. The average Bonchev–Trinajstić information content (AvgIpc) is 2.57. The summed E-state index contributed by atoms with van der Waals surface area (Å²) in [6.07, 6.45) is 3.93. The Balaban J connectivity index is 1.72. The Bertz CT molecular complexity index is 703. The van der Waals surface area contributed by atoms with Crippen LogP contribution in [0.1, 0.15) is 18.4 Å². The number of rotatable bonds is 8. The summed E-state index contributed by atoms with van der Waals surface area (Å²) in [6, 6.07) is 14.5. The Labute approximate surface area is 135 Å². The molecule has 0 bridgehead atoms. The smallest absolute Gasteiger partial charge is 0.313 e. The molecule has 0 spiro atoms. The first-order chi connectivity index (χ1) is 11.2. The summed E-state index contributed by atoms with van der Waals surface area (Å²) in [5, 5.41) is 2.41. The number of esters is 1. The van der Waals surface area contributed by atoms with Crippen LogP contribution in [0.3, 0.4) is 0 Å². The van der Waals surface area contributed by atoms with Crippen LogP contribution in [0.2, 0.25) is 0 Å². The zero-order valence-corrected chi connectivity index (χ0v) is 13.2. The lowest BCUT2D eigenvalue weighted by atomic mass is 10.1. The molecule has 0 aliphatic carbocycles. The van der Waals surface area contributed by atoms with Crippen molar-refractivity contribution in [2.24, 2.45) is 0 Å². The van der Waals surface area contributed by atoms with Crippen molar-refractivity contribution in [1.29, 1.82) is 0 Å². The summed E-state index contributed by atoms with van der Waals surface area (Å²) >= 11 is 0. The van der Waals surface area contributed by atoms with Crippen molar-refractivity contribution in [2.75, 3.05) is 20.3 Å². The van der Waals surface area contributed by atoms with Crippen LogP contribution in [0.4, 0.5) is 0 Å². The summed E-state index contributed by atoms with van der Waals surface area (Å²) in [7, 11) is 1.27. The van der Waals surface area contributed by atoms with Gasteiger partial charge in [0, 0.05) is 6.42 Å². The quantitative estimate of drug-likeness (QED) is 0.426. The number of Topliss-reactive ketones (excluding diaryl/α,β-unsaturated/α-hetero) is 1. The van der Waals surface area contributed by atoms with Crippen LogP contribution in [0.5, 0.6) is 0 Å². The SMILES string of the molecule is COC(=O)CC(=O)CCOC/C=C/c1ccc2ccccc2c1. The second-order valence-corrected chi connectivity index (χ2v) is 5.13. The molecule has 0 saturated heterocycles. The second kappa shape index (κ2) is 8.86. The van der Waals surface area contributed by atoms with E-state index in [4.69, 9.17) is 4.74 Å². The molecule has 120 valence electrons. The van der Waals surface area contributed by atoms with Crippen molar-refractivity contribution < 1.29 is 19.1 Å². The van der Waals surface area contributed by atoms with Gasteiger partial charge in [-0.05, 0) is 22.4 Å². The van der Waals surface area contributed by atoms with E-state index in [1.807, 2.05) is 24.3 Å². The van der Waals surface area contributed by atoms with Crippen LogP contribution in [-0.2, 0) is 19.1 Å². The van der Waals surface area contributed by atoms with E-state index < -0.39 is 5.97 Å². The summed E-state index contributed by atoms with van der Waals surface area (Å²) in [5.41, 5.74) is 1.11. The number of ether oxygens (including phenoxy) is 2. The Hall–Kier alpha value is -2.46. The molecule has 0 N–H and O–H groups in total. The Morgan fingerprint density at radius 2 is 1.87 bits per heavy atom. The molecule has 0 aliphatic heterocycles. The fourth-order valence-electron chi connectivity index (χ4n) is 2.15. The van der Waals surface area contributed by atoms with Crippen molar-refractivity contribution in [2.45, 2.75) is 12.8 Å². The molecule has 0 aliphatic rings. The molecule has 23 heavy (non-hydrogen) atoms. The van der Waals surface area contributed by atoms with Gasteiger partial charge in [0.15, 0.2) is 0 Å². The van der Waals surface area contributed by atoms with Gasteiger partial charge in [-0.15, -0.1) is 0 Å². The van der Waals surface area contributed by atoms with Crippen molar-refractivity contribution in [3.05, 3.63) is 54.1 Å². The molecule has 0 heterocycles. The average molecular weight is 312 g/mol. The normalized spacial score (nSPS) is 11.0. The zero-order chi connectivity index (χ0) is 16.5. The van der Waals surface area contributed by atoms with Gasteiger partial charge in [-0.1, -0.05) is 48.6 Å². The molecule has 0 amide bonds. The second-order valence-electron chi connectivity index (χ2n) is 5.13. The lowest BCUT2D eigenvalue weighted by Crippen LogP contribution is -2.11. The third-order valence-electron chi connectivity index (χ3n) is 3.39. The molecular formula is C19H20O4. The lowest BCUT2D eigenvalue weighted by Gasteiger charge is -2.01. The molecule has 4 nitrogen and oxygen atoms in total. The molecule has 0 saturated carbocycles. The molecule has 2 aromatic carbocycles. The number of carbonyl (C=O) groups is 2. The molecule has 0 atom stereocenters. The molecule has 0 radical (unpaired) electrons. The maximum atomic E-state index is 11.4. The van der Waals surface area contributed by atoms with Gasteiger partial charge in [-0.3, -0.25) is 9.59 Å². The highest BCUT2D eigenvalue weighted by molar-refractivity contribution is 5.95. The van der Waals surface area contributed by atoms with Crippen LogP contribution in [-0.4, -0.2) is 32.1 Å².